The molecule has 3 nitrogen and oxygen atoms in total. The lowest BCUT2D eigenvalue weighted by Crippen LogP contribution is -2.17. The minimum Gasteiger partial charge on any atom is -0.491 e. The van der Waals surface area contributed by atoms with Gasteiger partial charge < -0.3 is 14.8 Å². The second kappa shape index (κ2) is 6.03. The molecule has 0 saturated carbocycles. The van der Waals surface area contributed by atoms with E-state index >= 15 is 0 Å². The zero-order valence-electron chi connectivity index (χ0n) is 10.6. The summed E-state index contributed by atoms with van der Waals surface area (Å²) in [6.07, 6.45) is 2.91. The van der Waals surface area contributed by atoms with Crippen molar-refractivity contribution in [3.8, 4) is 5.75 Å². The van der Waals surface area contributed by atoms with Gasteiger partial charge in [-0.05, 0) is 44.5 Å². The summed E-state index contributed by atoms with van der Waals surface area (Å²) in [6, 6.07) is 8.21. The quantitative estimate of drug-likeness (QED) is 0.850. The van der Waals surface area contributed by atoms with Gasteiger partial charge in [-0.2, -0.15) is 0 Å². The molecule has 0 amide bonds. The Bertz CT molecular complexity index is 337. The second-order valence-corrected chi connectivity index (χ2v) is 4.63. The van der Waals surface area contributed by atoms with Crippen LogP contribution < -0.4 is 10.1 Å². The molecule has 0 radical (unpaired) electrons. The molecule has 0 spiro atoms. The maximum absolute atomic E-state index is 5.73. The standard InChI is InChI=1S/C14H21NO2/c1-11-3-6-14(17-11)10-16-13-7-4-12(5-8-13)9-15-2/h4-5,7-8,11,14-15H,3,6,9-10H2,1-2H3. The highest BCUT2D eigenvalue weighted by molar-refractivity contribution is 5.27. The SMILES string of the molecule is CNCc1ccc(OCC2CCC(C)O2)cc1. The van der Waals surface area contributed by atoms with Gasteiger partial charge in [-0.1, -0.05) is 12.1 Å². The maximum Gasteiger partial charge on any atom is 0.119 e. The molecule has 3 heteroatoms. The van der Waals surface area contributed by atoms with Gasteiger partial charge in [0, 0.05) is 6.54 Å². The fraction of sp³-hybridized carbons (Fsp3) is 0.571. The number of rotatable bonds is 5. The van der Waals surface area contributed by atoms with Gasteiger partial charge in [0.1, 0.15) is 12.4 Å². The van der Waals surface area contributed by atoms with Gasteiger partial charge in [0.05, 0.1) is 12.2 Å². The first-order valence-electron chi connectivity index (χ1n) is 6.29. The van der Waals surface area contributed by atoms with Crippen LogP contribution in [0.4, 0.5) is 0 Å². The third kappa shape index (κ3) is 3.72. The minimum absolute atomic E-state index is 0.266. The maximum atomic E-state index is 5.73. The molecule has 94 valence electrons. The van der Waals surface area contributed by atoms with Gasteiger partial charge >= 0.3 is 0 Å². The van der Waals surface area contributed by atoms with E-state index in [1.165, 1.54) is 5.56 Å². The summed E-state index contributed by atoms with van der Waals surface area (Å²) in [6.45, 7) is 3.67. The van der Waals surface area contributed by atoms with Crippen LogP contribution in [0.3, 0.4) is 0 Å². The zero-order valence-corrected chi connectivity index (χ0v) is 10.6. The van der Waals surface area contributed by atoms with Crippen LogP contribution >= 0.6 is 0 Å². The summed E-state index contributed by atoms with van der Waals surface area (Å²) in [7, 11) is 1.95. The van der Waals surface area contributed by atoms with Crippen LogP contribution in [0, 0.1) is 0 Å². The molecule has 1 aliphatic heterocycles. The highest BCUT2D eigenvalue weighted by Gasteiger charge is 2.21. The van der Waals surface area contributed by atoms with Crippen molar-refractivity contribution in [2.24, 2.45) is 0 Å². The third-order valence-corrected chi connectivity index (χ3v) is 3.06. The molecule has 1 aromatic carbocycles. The smallest absolute Gasteiger partial charge is 0.119 e. The molecule has 2 unspecified atom stereocenters. The predicted molar refractivity (Wildman–Crippen MR) is 68.3 cm³/mol. The van der Waals surface area contributed by atoms with E-state index in [0.717, 1.165) is 25.1 Å². The van der Waals surface area contributed by atoms with Crippen molar-refractivity contribution in [2.75, 3.05) is 13.7 Å². The molecule has 1 aromatic rings. The summed E-state index contributed by atoms with van der Waals surface area (Å²) in [5, 5.41) is 3.12. The second-order valence-electron chi connectivity index (χ2n) is 4.63. The first-order valence-corrected chi connectivity index (χ1v) is 6.29. The van der Waals surface area contributed by atoms with Gasteiger partial charge in [0.2, 0.25) is 0 Å². The van der Waals surface area contributed by atoms with Crippen molar-refractivity contribution in [1.29, 1.82) is 0 Å². The molecule has 0 aromatic heterocycles. The van der Waals surface area contributed by atoms with Crippen LogP contribution in [0.1, 0.15) is 25.3 Å². The van der Waals surface area contributed by atoms with Crippen molar-refractivity contribution < 1.29 is 9.47 Å². The Balaban J connectivity index is 1.78. The Morgan fingerprint density at radius 2 is 2.06 bits per heavy atom. The van der Waals surface area contributed by atoms with Crippen molar-refractivity contribution >= 4 is 0 Å². The molecule has 1 saturated heterocycles. The number of benzene rings is 1. The third-order valence-electron chi connectivity index (χ3n) is 3.06. The van der Waals surface area contributed by atoms with Gasteiger partial charge in [-0.25, -0.2) is 0 Å². The van der Waals surface area contributed by atoms with E-state index in [9.17, 15) is 0 Å². The Morgan fingerprint density at radius 1 is 1.29 bits per heavy atom. The summed E-state index contributed by atoms with van der Waals surface area (Å²) in [5.41, 5.74) is 1.27. The van der Waals surface area contributed by atoms with Crippen LogP contribution in [0.25, 0.3) is 0 Å². The summed E-state index contributed by atoms with van der Waals surface area (Å²) in [4.78, 5) is 0. The lowest BCUT2D eigenvalue weighted by Gasteiger charge is -2.13. The summed E-state index contributed by atoms with van der Waals surface area (Å²) >= 11 is 0. The highest BCUT2D eigenvalue weighted by Crippen LogP contribution is 2.20. The van der Waals surface area contributed by atoms with Crippen molar-refractivity contribution in [2.45, 2.75) is 38.5 Å². The topological polar surface area (TPSA) is 30.5 Å². The van der Waals surface area contributed by atoms with Gasteiger partial charge in [0.15, 0.2) is 0 Å². The molecule has 1 aliphatic rings. The lowest BCUT2D eigenvalue weighted by atomic mass is 10.2. The molecule has 2 rings (SSSR count). The van der Waals surface area contributed by atoms with E-state index in [-0.39, 0.29) is 6.10 Å². The van der Waals surface area contributed by atoms with Gasteiger partial charge in [-0.15, -0.1) is 0 Å². The zero-order chi connectivity index (χ0) is 12.1. The van der Waals surface area contributed by atoms with Gasteiger partial charge in [-0.3, -0.25) is 0 Å². The molecule has 1 fully saturated rings. The Kier molecular flexibility index (Phi) is 4.40. The Hall–Kier alpha value is -1.06. The molecule has 1 heterocycles. The molecule has 1 N–H and O–H groups in total. The molecule has 0 aliphatic carbocycles. The fourth-order valence-electron chi connectivity index (χ4n) is 2.10. The van der Waals surface area contributed by atoms with E-state index in [1.807, 2.05) is 19.2 Å². The number of hydrogen-bond acceptors (Lipinski definition) is 3. The number of ether oxygens (including phenoxy) is 2. The van der Waals surface area contributed by atoms with E-state index < -0.39 is 0 Å². The predicted octanol–water partition coefficient (Wildman–Crippen LogP) is 2.35. The average Bonchev–Trinajstić information content (AvgIpc) is 2.75. The van der Waals surface area contributed by atoms with E-state index in [1.54, 1.807) is 0 Å². The number of nitrogens with one attached hydrogen (secondary N) is 1. The average molecular weight is 235 g/mol. The summed E-state index contributed by atoms with van der Waals surface area (Å²) in [5.74, 6) is 0.924. The van der Waals surface area contributed by atoms with Crippen LogP contribution in [0.2, 0.25) is 0 Å². The van der Waals surface area contributed by atoms with Crippen LogP contribution in [0.5, 0.6) is 5.75 Å². The van der Waals surface area contributed by atoms with Gasteiger partial charge in [0.25, 0.3) is 0 Å². The van der Waals surface area contributed by atoms with E-state index in [0.29, 0.717) is 12.7 Å². The first kappa shape index (κ1) is 12.4. The monoisotopic (exact) mass is 235 g/mol. The molecule has 0 bridgehead atoms. The Morgan fingerprint density at radius 3 is 2.65 bits per heavy atom. The lowest BCUT2D eigenvalue weighted by molar-refractivity contribution is 0.0264. The van der Waals surface area contributed by atoms with Crippen molar-refractivity contribution in [1.82, 2.24) is 5.32 Å². The normalized spacial score (nSPS) is 23.9. The van der Waals surface area contributed by atoms with Crippen LogP contribution in [-0.4, -0.2) is 25.9 Å². The molecule has 17 heavy (non-hydrogen) atoms. The minimum atomic E-state index is 0.266. The summed E-state index contributed by atoms with van der Waals surface area (Å²) < 4.78 is 11.4. The van der Waals surface area contributed by atoms with Crippen molar-refractivity contribution in [3.05, 3.63) is 29.8 Å². The largest absolute Gasteiger partial charge is 0.491 e. The molecular formula is C14H21NO2. The number of hydrogen-bond donors (Lipinski definition) is 1. The molecule has 2 atom stereocenters. The van der Waals surface area contributed by atoms with E-state index in [2.05, 4.69) is 24.4 Å². The van der Waals surface area contributed by atoms with Crippen molar-refractivity contribution in [3.63, 3.8) is 0 Å². The molecular weight excluding hydrogens is 214 g/mol. The van der Waals surface area contributed by atoms with Crippen LogP contribution in [0.15, 0.2) is 24.3 Å². The van der Waals surface area contributed by atoms with Crippen LogP contribution in [-0.2, 0) is 11.3 Å². The first-order chi connectivity index (χ1) is 8.28. The highest BCUT2D eigenvalue weighted by atomic mass is 16.5. The Labute approximate surface area is 103 Å². The van der Waals surface area contributed by atoms with E-state index in [4.69, 9.17) is 9.47 Å². The fourth-order valence-corrected chi connectivity index (χ4v) is 2.10.